The molecule has 4 nitrogen and oxygen atoms in total. The van der Waals surface area contributed by atoms with E-state index in [-0.39, 0.29) is 18.6 Å². The summed E-state index contributed by atoms with van der Waals surface area (Å²) in [7, 11) is 1.76. The van der Waals surface area contributed by atoms with E-state index in [0.717, 1.165) is 10.0 Å². The first-order valence-corrected chi connectivity index (χ1v) is 7.14. The molecular weight excluding hydrogens is 308 g/mol. The van der Waals surface area contributed by atoms with Gasteiger partial charge in [0, 0.05) is 19.6 Å². The lowest BCUT2D eigenvalue weighted by Gasteiger charge is -2.17. The van der Waals surface area contributed by atoms with Crippen LogP contribution in [0.5, 0.6) is 5.75 Å². The predicted molar refractivity (Wildman–Crippen MR) is 80.3 cm³/mol. The van der Waals surface area contributed by atoms with Crippen LogP contribution in [-0.4, -0.2) is 37.0 Å². The van der Waals surface area contributed by atoms with E-state index in [1.807, 2.05) is 32.0 Å². The average molecular weight is 329 g/mol. The molecule has 1 atom stereocenters. The van der Waals surface area contributed by atoms with Crippen molar-refractivity contribution in [1.29, 1.82) is 0 Å². The fourth-order valence-corrected chi connectivity index (χ4v) is 2.16. The molecule has 0 heterocycles. The number of benzene rings is 1. The molecule has 1 unspecified atom stereocenters. The molecule has 0 spiro atoms. The lowest BCUT2D eigenvalue weighted by atomic mass is 10.1. The summed E-state index contributed by atoms with van der Waals surface area (Å²) in [4.78, 5) is 13.4. The van der Waals surface area contributed by atoms with E-state index in [9.17, 15) is 4.79 Å². The molecular formula is C14H21BrN2O2. The standard InChI is InChI=1S/C14H21BrN2O2/c1-4-17(3)13(18)9-19-14-11(8-10(2)16)6-5-7-12(14)15/h5-7,10H,4,8-9,16H2,1-3H3. The summed E-state index contributed by atoms with van der Waals surface area (Å²) in [6.07, 6.45) is 0.715. The van der Waals surface area contributed by atoms with Crippen molar-refractivity contribution in [2.75, 3.05) is 20.2 Å². The minimum atomic E-state index is -0.0370. The van der Waals surface area contributed by atoms with Crippen molar-refractivity contribution in [3.8, 4) is 5.75 Å². The van der Waals surface area contributed by atoms with Crippen LogP contribution in [0.2, 0.25) is 0 Å². The largest absolute Gasteiger partial charge is 0.482 e. The van der Waals surface area contributed by atoms with Gasteiger partial charge in [-0.25, -0.2) is 0 Å². The Morgan fingerprint density at radius 1 is 1.53 bits per heavy atom. The molecule has 0 radical (unpaired) electrons. The molecule has 0 aliphatic rings. The molecule has 1 aromatic carbocycles. The van der Waals surface area contributed by atoms with E-state index in [4.69, 9.17) is 10.5 Å². The number of carbonyl (C=O) groups excluding carboxylic acids is 1. The van der Waals surface area contributed by atoms with Gasteiger partial charge in [-0.3, -0.25) is 4.79 Å². The Bertz CT molecular complexity index is 435. The van der Waals surface area contributed by atoms with E-state index in [2.05, 4.69) is 15.9 Å². The minimum absolute atomic E-state index is 0.0370. The van der Waals surface area contributed by atoms with Crippen molar-refractivity contribution in [3.05, 3.63) is 28.2 Å². The summed E-state index contributed by atoms with van der Waals surface area (Å²) in [5.74, 6) is 0.669. The smallest absolute Gasteiger partial charge is 0.260 e. The van der Waals surface area contributed by atoms with E-state index in [0.29, 0.717) is 18.7 Å². The molecule has 106 valence electrons. The van der Waals surface area contributed by atoms with Crippen molar-refractivity contribution >= 4 is 21.8 Å². The topological polar surface area (TPSA) is 55.6 Å². The maximum Gasteiger partial charge on any atom is 0.260 e. The average Bonchev–Trinajstić information content (AvgIpc) is 2.36. The Morgan fingerprint density at radius 3 is 2.79 bits per heavy atom. The van der Waals surface area contributed by atoms with Crippen molar-refractivity contribution in [2.24, 2.45) is 5.73 Å². The lowest BCUT2D eigenvalue weighted by Crippen LogP contribution is -2.31. The monoisotopic (exact) mass is 328 g/mol. The van der Waals surface area contributed by atoms with Crippen LogP contribution in [0, 0.1) is 0 Å². The predicted octanol–water partition coefficient (Wildman–Crippen LogP) is 2.20. The summed E-state index contributed by atoms with van der Waals surface area (Å²) in [6.45, 7) is 4.59. The number of hydrogen-bond donors (Lipinski definition) is 1. The van der Waals surface area contributed by atoms with Gasteiger partial charge in [0.2, 0.25) is 0 Å². The Kier molecular flexibility index (Phi) is 6.31. The van der Waals surface area contributed by atoms with Gasteiger partial charge < -0.3 is 15.4 Å². The maximum atomic E-state index is 11.8. The summed E-state index contributed by atoms with van der Waals surface area (Å²) in [6, 6.07) is 5.85. The Balaban J connectivity index is 2.79. The quantitative estimate of drug-likeness (QED) is 0.870. The van der Waals surface area contributed by atoms with Crippen LogP contribution in [0.3, 0.4) is 0 Å². The summed E-state index contributed by atoms with van der Waals surface area (Å²) >= 11 is 3.45. The van der Waals surface area contributed by atoms with Crippen molar-refractivity contribution in [2.45, 2.75) is 26.3 Å². The molecule has 1 aromatic rings. The summed E-state index contributed by atoms with van der Waals surface area (Å²) < 4.78 is 6.50. The maximum absolute atomic E-state index is 11.8. The van der Waals surface area contributed by atoms with Crippen molar-refractivity contribution in [3.63, 3.8) is 0 Å². The number of rotatable bonds is 6. The molecule has 19 heavy (non-hydrogen) atoms. The van der Waals surface area contributed by atoms with Gasteiger partial charge in [0.05, 0.1) is 4.47 Å². The third kappa shape index (κ3) is 4.84. The van der Waals surface area contributed by atoms with Crippen LogP contribution in [0.15, 0.2) is 22.7 Å². The lowest BCUT2D eigenvalue weighted by molar-refractivity contribution is -0.131. The number of ether oxygens (including phenoxy) is 1. The highest BCUT2D eigenvalue weighted by Crippen LogP contribution is 2.29. The fourth-order valence-electron chi connectivity index (χ4n) is 1.64. The van der Waals surface area contributed by atoms with Gasteiger partial charge in [0.1, 0.15) is 5.75 Å². The van der Waals surface area contributed by atoms with E-state index in [1.54, 1.807) is 11.9 Å². The Labute approximate surface area is 123 Å². The van der Waals surface area contributed by atoms with Crippen LogP contribution < -0.4 is 10.5 Å². The first-order valence-electron chi connectivity index (χ1n) is 6.35. The van der Waals surface area contributed by atoms with Crippen LogP contribution in [0.25, 0.3) is 0 Å². The SMILES string of the molecule is CCN(C)C(=O)COc1c(Br)cccc1CC(C)N. The molecule has 0 fully saturated rings. The number of hydrogen-bond acceptors (Lipinski definition) is 3. The number of nitrogens with zero attached hydrogens (tertiary/aromatic N) is 1. The first kappa shape index (κ1) is 16.0. The highest BCUT2D eigenvalue weighted by atomic mass is 79.9. The summed E-state index contributed by atoms with van der Waals surface area (Å²) in [5.41, 5.74) is 6.83. The second-order valence-corrected chi connectivity index (χ2v) is 5.46. The second kappa shape index (κ2) is 7.50. The van der Waals surface area contributed by atoms with E-state index in [1.165, 1.54) is 0 Å². The normalized spacial score (nSPS) is 12.1. The number of likely N-dealkylation sites (N-methyl/N-ethyl adjacent to an activating group) is 1. The van der Waals surface area contributed by atoms with Gasteiger partial charge in [-0.05, 0) is 47.8 Å². The summed E-state index contributed by atoms with van der Waals surface area (Å²) in [5, 5.41) is 0. The first-order chi connectivity index (χ1) is 8.95. The third-order valence-electron chi connectivity index (χ3n) is 2.83. The highest BCUT2D eigenvalue weighted by molar-refractivity contribution is 9.10. The molecule has 2 N–H and O–H groups in total. The van der Waals surface area contributed by atoms with Gasteiger partial charge >= 0.3 is 0 Å². The molecule has 0 bridgehead atoms. The van der Waals surface area contributed by atoms with Gasteiger partial charge in [-0.2, -0.15) is 0 Å². The van der Waals surface area contributed by atoms with Gasteiger partial charge in [0.15, 0.2) is 6.61 Å². The second-order valence-electron chi connectivity index (χ2n) is 4.61. The molecule has 0 aromatic heterocycles. The number of nitrogens with two attached hydrogens (primary N) is 1. The Hall–Kier alpha value is -1.07. The van der Waals surface area contributed by atoms with Crippen molar-refractivity contribution < 1.29 is 9.53 Å². The van der Waals surface area contributed by atoms with E-state index >= 15 is 0 Å². The fraction of sp³-hybridized carbons (Fsp3) is 0.500. The third-order valence-corrected chi connectivity index (χ3v) is 3.45. The number of para-hydroxylation sites is 1. The van der Waals surface area contributed by atoms with E-state index < -0.39 is 0 Å². The molecule has 1 rings (SSSR count). The van der Waals surface area contributed by atoms with Gasteiger partial charge in [-0.15, -0.1) is 0 Å². The molecule has 0 saturated heterocycles. The van der Waals surface area contributed by atoms with Gasteiger partial charge in [0.25, 0.3) is 5.91 Å². The van der Waals surface area contributed by atoms with Crippen LogP contribution in [0.1, 0.15) is 19.4 Å². The Morgan fingerprint density at radius 2 is 2.21 bits per heavy atom. The van der Waals surface area contributed by atoms with Crippen LogP contribution in [-0.2, 0) is 11.2 Å². The van der Waals surface area contributed by atoms with Gasteiger partial charge in [-0.1, -0.05) is 12.1 Å². The van der Waals surface area contributed by atoms with Crippen LogP contribution >= 0.6 is 15.9 Å². The molecule has 0 saturated carbocycles. The zero-order chi connectivity index (χ0) is 14.4. The molecule has 0 aliphatic heterocycles. The molecule has 5 heteroatoms. The zero-order valence-electron chi connectivity index (χ0n) is 11.6. The van der Waals surface area contributed by atoms with Crippen molar-refractivity contribution in [1.82, 2.24) is 4.90 Å². The number of amides is 1. The minimum Gasteiger partial charge on any atom is -0.482 e. The van der Waals surface area contributed by atoms with Crippen LogP contribution in [0.4, 0.5) is 0 Å². The molecule has 1 amide bonds. The number of halogens is 1. The molecule has 0 aliphatic carbocycles. The number of carbonyl (C=O) groups is 1. The zero-order valence-corrected chi connectivity index (χ0v) is 13.2. The highest BCUT2D eigenvalue weighted by Gasteiger charge is 2.13.